The van der Waals surface area contributed by atoms with Crippen LogP contribution < -0.4 is 4.74 Å². The fraction of sp³-hybridized carbons (Fsp3) is 0.200. The van der Waals surface area contributed by atoms with Crippen LogP contribution in [0.15, 0.2) is 49.2 Å². The highest BCUT2D eigenvalue weighted by Gasteiger charge is 2.08. The molecular weight excluding hydrogens is 362 g/mol. The van der Waals surface area contributed by atoms with Crippen molar-refractivity contribution in [2.45, 2.75) is 19.3 Å². The standard InChI is InChI=1S/C20H18ClN5O/c1-27-19-7-13(4-5-22-19)2-3-18-23-9-14(10-24-18)6-15-11-25-20-17(15)8-16(21)12-26-20/h4-5,7-12H,2-3,6H2,1H3,(H,25,26). The zero-order valence-corrected chi connectivity index (χ0v) is 15.6. The average Bonchev–Trinajstić information content (AvgIpc) is 3.09. The molecule has 4 aromatic rings. The molecule has 7 heteroatoms. The number of methoxy groups -OCH3 is 1. The number of ether oxygens (including phenoxy) is 1. The quantitative estimate of drug-likeness (QED) is 0.551. The van der Waals surface area contributed by atoms with Crippen LogP contribution in [0.1, 0.15) is 22.5 Å². The number of halogens is 1. The van der Waals surface area contributed by atoms with Crippen LogP contribution in [0.2, 0.25) is 5.02 Å². The number of nitrogens with one attached hydrogen (secondary N) is 1. The van der Waals surface area contributed by atoms with E-state index in [2.05, 4.69) is 24.9 Å². The SMILES string of the molecule is COc1cc(CCc2ncc(Cc3c[nH]c4ncc(Cl)cc34)cn2)ccn1. The highest BCUT2D eigenvalue weighted by Crippen LogP contribution is 2.22. The van der Waals surface area contributed by atoms with Crippen molar-refractivity contribution < 1.29 is 4.74 Å². The molecule has 0 amide bonds. The zero-order valence-electron chi connectivity index (χ0n) is 14.8. The van der Waals surface area contributed by atoms with Crippen LogP contribution in [0, 0.1) is 0 Å². The molecule has 6 nitrogen and oxygen atoms in total. The Morgan fingerprint density at radius 2 is 1.85 bits per heavy atom. The summed E-state index contributed by atoms with van der Waals surface area (Å²) in [5, 5.41) is 1.65. The van der Waals surface area contributed by atoms with Crippen molar-refractivity contribution >= 4 is 22.6 Å². The number of rotatable bonds is 6. The lowest BCUT2D eigenvalue weighted by molar-refractivity contribution is 0.397. The molecule has 0 bridgehead atoms. The molecule has 0 radical (unpaired) electrons. The van der Waals surface area contributed by atoms with Crippen LogP contribution in [0.3, 0.4) is 0 Å². The number of H-pyrrole nitrogens is 1. The summed E-state index contributed by atoms with van der Waals surface area (Å²) in [6.45, 7) is 0. The smallest absolute Gasteiger partial charge is 0.213 e. The average molecular weight is 380 g/mol. The first kappa shape index (κ1) is 17.4. The van der Waals surface area contributed by atoms with E-state index in [0.29, 0.717) is 10.9 Å². The summed E-state index contributed by atoms with van der Waals surface area (Å²) >= 11 is 6.06. The van der Waals surface area contributed by atoms with E-state index in [0.717, 1.165) is 52.8 Å². The summed E-state index contributed by atoms with van der Waals surface area (Å²) in [5.74, 6) is 1.44. The Morgan fingerprint density at radius 1 is 1.00 bits per heavy atom. The van der Waals surface area contributed by atoms with Crippen LogP contribution in [-0.4, -0.2) is 32.0 Å². The lowest BCUT2D eigenvalue weighted by Gasteiger charge is -2.04. The van der Waals surface area contributed by atoms with E-state index in [4.69, 9.17) is 16.3 Å². The predicted octanol–water partition coefficient (Wildman–Crippen LogP) is 3.79. The Kier molecular flexibility index (Phi) is 4.98. The van der Waals surface area contributed by atoms with Gasteiger partial charge in [-0.2, -0.15) is 0 Å². The van der Waals surface area contributed by atoms with Gasteiger partial charge in [0.15, 0.2) is 0 Å². The molecule has 136 valence electrons. The fourth-order valence-electron chi connectivity index (χ4n) is 2.97. The van der Waals surface area contributed by atoms with Gasteiger partial charge < -0.3 is 9.72 Å². The van der Waals surface area contributed by atoms with E-state index in [-0.39, 0.29) is 0 Å². The van der Waals surface area contributed by atoms with E-state index in [1.165, 1.54) is 0 Å². The second-order valence-electron chi connectivity index (χ2n) is 6.25. The lowest BCUT2D eigenvalue weighted by Crippen LogP contribution is -2.00. The Balaban J connectivity index is 1.43. The summed E-state index contributed by atoms with van der Waals surface area (Å²) in [5.41, 5.74) is 4.16. The van der Waals surface area contributed by atoms with Crippen molar-refractivity contribution in [3.63, 3.8) is 0 Å². The van der Waals surface area contributed by atoms with E-state index < -0.39 is 0 Å². The molecule has 0 aromatic carbocycles. The molecule has 4 heterocycles. The third-order valence-electron chi connectivity index (χ3n) is 4.38. The molecule has 0 unspecified atom stereocenters. The number of nitrogens with zero attached hydrogens (tertiary/aromatic N) is 4. The molecule has 27 heavy (non-hydrogen) atoms. The van der Waals surface area contributed by atoms with Gasteiger partial charge in [0.25, 0.3) is 0 Å². The normalized spacial score (nSPS) is 11.0. The number of fused-ring (bicyclic) bond motifs is 1. The lowest BCUT2D eigenvalue weighted by atomic mass is 10.1. The highest BCUT2D eigenvalue weighted by atomic mass is 35.5. The van der Waals surface area contributed by atoms with Crippen LogP contribution in [-0.2, 0) is 19.3 Å². The first-order valence-electron chi connectivity index (χ1n) is 8.61. The zero-order chi connectivity index (χ0) is 18.6. The largest absolute Gasteiger partial charge is 0.481 e. The van der Waals surface area contributed by atoms with Crippen molar-refractivity contribution in [1.29, 1.82) is 0 Å². The molecule has 0 spiro atoms. The number of hydrogen-bond donors (Lipinski definition) is 1. The Morgan fingerprint density at radius 3 is 2.67 bits per heavy atom. The van der Waals surface area contributed by atoms with Gasteiger partial charge >= 0.3 is 0 Å². The highest BCUT2D eigenvalue weighted by molar-refractivity contribution is 6.31. The van der Waals surface area contributed by atoms with Gasteiger partial charge in [0, 0.05) is 55.3 Å². The Labute approximate surface area is 161 Å². The van der Waals surface area contributed by atoms with Crippen LogP contribution in [0.5, 0.6) is 5.88 Å². The first-order chi connectivity index (χ1) is 13.2. The van der Waals surface area contributed by atoms with Gasteiger partial charge in [0.2, 0.25) is 5.88 Å². The monoisotopic (exact) mass is 379 g/mol. The molecule has 4 rings (SSSR count). The topological polar surface area (TPSA) is 76.6 Å². The van der Waals surface area contributed by atoms with Gasteiger partial charge in [-0.3, -0.25) is 0 Å². The van der Waals surface area contributed by atoms with Crippen molar-refractivity contribution in [2.24, 2.45) is 0 Å². The first-order valence-corrected chi connectivity index (χ1v) is 8.99. The molecular formula is C20H18ClN5O. The van der Waals surface area contributed by atoms with E-state index in [9.17, 15) is 0 Å². The maximum Gasteiger partial charge on any atom is 0.213 e. The van der Waals surface area contributed by atoms with Crippen LogP contribution in [0.4, 0.5) is 0 Å². The second-order valence-corrected chi connectivity index (χ2v) is 6.69. The van der Waals surface area contributed by atoms with Gasteiger partial charge in [-0.15, -0.1) is 0 Å². The molecule has 0 aliphatic carbocycles. The van der Waals surface area contributed by atoms with Gasteiger partial charge in [-0.05, 0) is 35.2 Å². The molecule has 0 atom stereocenters. The van der Waals surface area contributed by atoms with Crippen molar-refractivity contribution in [2.75, 3.05) is 7.11 Å². The third kappa shape index (κ3) is 4.06. The predicted molar refractivity (Wildman–Crippen MR) is 104 cm³/mol. The number of aryl methyl sites for hydroxylation is 2. The van der Waals surface area contributed by atoms with Gasteiger partial charge in [-0.1, -0.05) is 11.6 Å². The van der Waals surface area contributed by atoms with Crippen LogP contribution >= 0.6 is 11.6 Å². The van der Waals surface area contributed by atoms with Crippen molar-refractivity contribution in [1.82, 2.24) is 24.9 Å². The van der Waals surface area contributed by atoms with Crippen molar-refractivity contribution in [3.05, 3.63) is 76.7 Å². The van der Waals surface area contributed by atoms with Gasteiger partial charge in [0.05, 0.1) is 12.1 Å². The third-order valence-corrected chi connectivity index (χ3v) is 4.59. The van der Waals surface area contributed by atoms with E-state index in [1.54, 1.807) is 19.5 Å². The molecule has 0 aliphatic rings. The summed E-state index contributed by atoms with van der Waals surface area (Å²) in [6.07, 6.45) is 11.4. The van der Waals surface area contributed by atoms with Gasteiger partial charge in [-0.25, -0.2) is 19.9 Å². The summed E-state index contributed by atoms with van der Waals surface area (Å²) in [4.78, 5) is 20.6. The summed E-state index contributed by atoms with van der Waals surface area (Å²) in [7, 11) is 1.62. The molecule has 0 saturated heterocycles. The Hall–Kier alpha value is -2.99. The molecule has 0 aliphatic heterocycles. The van der Waals surface area contributed by atoms with E-state index in [1.807, 2.05) is 36.8 Å². The molecule has 1 N–H and O–H groups in total. The maximum absolute atomic E-state index is 6.06. The van der Waals surface area contributed by atoms with Crippen LogP contribution in [0.25, 0.3) is 11.0 Å². The number of aromatic amines is 1. The maximum atomic E-state index is 6.06. The van der Waals surface area contributed by atoms with E-state index >= 15 is 0 Å². The minimum Gasteiger partial charge on any atom is -0.481 e. The molecule has 0 fully saturated rings. The van der Waals surface area contributed by atoms with Gasteiger partial charge in [0.1, 0.15) is 11.5 Å². The summed E-state index contributed by atoms with van der Waals surface area (Å²) < 4.78 is 5.15. The Bertz CT molecular complexity index is 1060. The molecule has 4 aromatic heterocycles. The number of hydrogen-bond acceptors (Lipinski definition) is 5. The number of pyridine rings is 2. The molecule has 0 saturated carbocycles. The minimum atomic E-state index is 0.622. The van der Waals surface area contributed by atoms with Crippen molar-refractivity contribution in [3.8, 4) is 5.88 Å². The second kappa shape index (κ2) is 7.72. The number of aromatic nitrogens is 5. The fourth-order valence-corrected chi connectivity index (χ4v) is 3.13. The minimum absolute atomic E-state index is 0.622. The summed E-state index contributed by atoms with van der Waals surface area (Å²) in [6, 6.07) is 5.84.